The second-order valence-electron chi connectivity index (χ2n) is 6.84. The number of carboxylic acids is 1. The lowest BCUT2D eigenvalue weighted by Gasteiger charge is -2.16. The van der Waals surface area contributed by atoms with Gasteiger partial charge in [0.15, 0.2) is 0 Å². The summed E-state index contributed by atoms with van der Waals surface area (Å²) in [7, 11) is 0. The molecule has 1 fully saturated rings. The van der Waals surface area contributed by atoms with E-state index in [9.17, 15) is 19.8 Å². The number of allylic oxidation sites excluding steroid dienone is 6. The first-order valence-electron chi connectivity index (χ1n) is 9.69. The summed E-state index contributed by atoms with van der Waals surface area (Å²) in [5.74, 6) is -1.06. The van der Waals surface area contributed by atoms with Gasteiger partial charge in [-0.25, -0.2) is 0 Å². The summed E-state index contributed by atoms with van der Waals surface area (Å²) in [5.41, 5.74) is 0. The van der Waals surface area contributed by atoms with Crippen LogP contribution in [0, 0.1) is 11.8 Å². The van der Waals surface area contributed by atoms with Crippen molar-refractivity contribution in [1.29, 1.82) is 0 Å². The van der Waals surface area contributed by atoms with E-state index in [0.717, 1.165) is 19.3 Å². The monoisotopic (exact) mass is 376 g/mol. The van der Waals surface area contributed by atoms with Crippen LogP contribution in [0.3, 0.4) is 0 Å². The van der Waals surface area contributed by atoms with Crippen LogP contribution in [0.5, 0.6) is 0 Å². The first-order valence-corrected chi connectivity index (χ1v) is 9.69. The number of carbonyl (C=O) groups is 2. The van der Waals surface area contributed by atoms with E-state index in [1.54, 1.807) is 12.2 Å². The first kappa shape index (κ1) is 23.1. The Bertz CT molecular complexity index is 573. The average Bonchev–Trinajstić information content (AvgIpc) is 2.90. The normalized spacial score (nSPS) is 24.9. The molecular formula is C22H32O5. The van der Waals surface area contributed by atoms with Gasteiger partial charge in [0.25, 0.3) is 0 Å². The third kappa shape index (κ3) is 9.50. The molecule has 0 amide bonds. The van der Waals surface area contributed by atoms with Gasteiger partial charge in [-0.15, -0.1) is 0 Å². The number of ketones is 1. The zero-order valence-electron chi connectivity index (χ0n) is 16.0. The molecule has 1 saturated carbocycles. The van der Waals surface area contributed by atoms with E-state index in [4.69, 9.17) is 5.11 Å². The van der Waals surface area contributed by atoms with Gasteiger partial charge in [0.05, 0.1) is 12.2 Å². The van der Waals surface area contributed by atoms with Crippen molar-refractivity contribution in [2.75, 3.05) is 0 Å². The third-order valence-electron chi connectivity index (χ3n) is 4.70. The Balaban J connectivity index is 2.22. The number of aliphatic hydroxyl groups is 2. The summed E-state index contributed by atoms with van der Waals surface area (Å²) in [6.07, 6.45) is 17.7. The maximum atomic E-state index is 11.9. The van der Waals surface area contributed by atoms with Gasteiger partial charge in [0, 0.05) is 18.8 Å². The maximum Gasteiger partial charge on any atom is 0.303 e. The number of hydrogen-bond acceptors (Lipinski definition) is 4. The molecule has 0 aromatic carbocycles. The van der Waals surface area contributed by atoms with Crippen molar-refractivity contribution in [3.63, 3.8) is 0 Å². The molecule has 0 saturated heterocycles. The fraction of sp³-hybridized carbons (Fsp3) is 0.545. The van der Waals surface area contributed by atoms with Crippen molar-refractivity contribution in [2.24, 2.45) is 11.8 Å². The highest BCUT2D eigenvalue weighted by Gasteiger charge is 2.38. The molecule has 5 nitrogen and oxygen atoms in total. The van der Waals surface area contributed by atoms with Crippen LogP contribution in [0.4, 0.5) is 0 Å². The Kier molecular flexibility index (Phi) is 11.3. The predicted molar refractivity (Wildman–Crippen MR) is 106 cm³/mol. The Morgan fingerprint density at radius 1 is 1.15 bits per heavy atom. The van der Waals surface area contributed by atoms with Crippen LogP contribution in [0.2, 0.25) is 0 Å². The lowest BCUT2D eigenvalue weighted by Crippen LogP contribution is -2.18. The van der Waals surface area contributed by atoms with Crippen LogP contribution in [0.25, 0.3) is 0 Å². The van der Waals surface area contributed by atoms with E-state index in [0.29, 0.717) is 12.8 Å². The van der Waals surface area contributed by atoms with E-state index >= 15 is 0 Å². The van der Waals surface area contributed by atoms with Gasteiger partial charge in [-0.2, -0.15) is 0 Å². The van der Waals surface area contributed by atoms with Crippen LogP contribution in [0.1, 0.15) is 51.9 Å². The van der Waals surface area contributed by atoms with E-state index in [-0.39, 0.29) is 30.5 Å². The molecule has 0 aromatic heterocycles. The molecule has 0 heterocycles. The second kappa shape index (κ2) is 13.2. The van der Waals surface area contributed by atoms with Crippen molar-refractivity contribution in [2.45, 2.75) is 64.1 Å². The van der Waals surface area contributed by atoms with E-state index < -0.39 is 18.2 Å². The molecule has 4 atom stereocenters. The molecule has 27 heavy (non-hydrogen) atoms. The minimum absolute atomic E-state index is 0.0418. The summed E-state index contributed by atoms with van der Waals surface area (Å²) in [6.45, 7) is 1.96. The predicted octanol–water partition coefficient (Wildman–Crippen LogP) is 3.58. The van der Waals surface area contributed by atoms with Gasteiger partial charge in [-0.3, -0.25) is 9.59 Å². The Morgan fingerprint density at radius 3 is 2.41 bits per heavy atom. The minimum Gasteiger partial charge on any atom is -0.481 e. The number of aliphatic hydroxyl groups excluding tert-OH is 2. The van der Waals surface area contributed by atoms with Gasteiger partial charge in [-0.1, -0.05) is 55.5 Å². The second-order valence-corrected chi connectivity index (χ2v) is 6.84. The molecule has 0 unspecified atom stereocenters. The highest BCUT2D eigenvalue weighted by atomic mass is 16.4. The fourth-order valence-electron chi connectivity index (χ4n) is 3.18. The molecule has 3 N–H and O–H groups in total. The summed E-state index contributed by atoms with van der Waals surface area (Å²) in [6, 6.07) is 0. The third-order valence-corrected chi connectivity index (χ3v) is 4.70. The van der Waals surface area contributed by atoms with Crippen molar-refractivity contribution < 1.29 is 24.9 Å². The zero-order valence-corrected chi connectivity index (χ0v) is 16.0. The van der Waals surface area contributed by atoms with Crippen LogP contribution >= 0.6 is 0 Å². The highest BCUT2D eigenvalue weighted by Crippen LogP contribution is 2.32. The van der Waals surface area contributed by atoms with Crippen molar-refractivity contribution in [1.82, 2.24) is 0 Å². The quantitative estimate of drug-likeness (QED) is 0.453. The van der Waals surface area contributed by atoms with Crippen LogP contribution < -0.4 is 0 Å². The Hall–Kier alpha value is -1.98. The smallest absolute Gasteiger partial charge is 0.303 e. The van der Waals surface area contributed by atoms with Crippen LogP contribution in [-0.4, -0.2) is 39.3 Å². The Labute approximate surface area is 161 Å². The highest BCUT2D eigenvalue weighted by molar-refractivity contribution is 5.85. The standard InChI is InChI=1S/C22H32O5/c1-2-18-19(21(25)16-20(18)24)15-14-17(23)12-10-8-6-4-3-5-7-9-11-13-22(26)27/h3-4,7-10,14-15,17-20,23-24H,2,5-6,11-13,16H2,1H3,(H,26,27)/b4-3-,9-7-,10-8-,15-14+/t17-,18+,19-,20-/m0/s1. The van der Waals surface area contributed by atoms with Crippen molar-refractivity contribution in [3.05, 3.63) is 48.6 Å². The zero-order chi connectivity index (χ0) is 20.1. The first-order chi connectivity index (χ1) is 13.0. The largest absolute Gasteiger partial charge is 0.481 e. The van der Waals surface area contributed by atoms with Crippen molar-refractivity contribution >= 4 is 11.8 Å². The van der Waals surface area contributed by atoms with Crippen molar-refractivity contribution in [3.8, 4) is 0 Å². The van der Waals surface area contributed by atoms with E-state index in [1.165, 1.54) is 0 Å². The Morgan fingerprint density at radius 2 is 1.78 bits per heavy atom. The van der Waals surface area contributed by atoms with E-state index in [1.807, 2.05) is 43.4 Å². The molecule has 150 valence electrons. The van der Waals surface area contributed by atoms with Crippen LogP contribution in [0.15, 0.2) is 48.6 Å². The maximum absolute atomic E-state index is 11.9. The van der Waals surface area contributed by atoms with Gasteiger partial charge >= 0.3 is 5.97 Å². The lowest BCUT2D eigenvalue weighted by atomic mass is 9.91. The topological polar surface area (TPSA) is 94.8 Å². The number of rotatable bonds is 12. The molecule has 0 radical (unpaired) electrons. The molecule has 5 heteroatoms. The SMILES string of the molecule is CC[C@@H]1[C@H](/C=C/[C@@H](O)C/C=C\C/C=C\C/C=C\CCC(=O)O)C(=O)C[C@@H]1O. The number of hydrogen-bond donors (Lipinski definition) is 3. The number of carbonyl (C=O) groups excluding carboxylic acids is 1. The average molecular weight is 376 g/mol. The van der Waals surface area contributed by atoms with Gasteiger partial charge < -0.3 is 15.3 Å². The van der Waals surface area contributed by atoms with E-state index in [2.05, 4.69) is 0 Å². The van der Waals surface area contributed by atoms with Gasteiger partial charge in [-0.05, 0) is 38.0 Å². The molecule has 0 spiro atoms. The number of carboxylic acid groups (broad SMARTS) is 1. The summed E-state index contributed by atoms with van der Waals surface area (Å²) < 4.78 is 0. The lowest BCUT2D eigenvalue weighted by molar-refractivity contribution is -0.136. The molecule has 0 aliphatic heterocycles. The summed E-state index contributed by atoms with van der Waals surface area (Å²) in [5, 5.41) is 28.4. The number of aliphatic carboxylic acids is 1. The molecule has 1 rings (SSSR count). The minimum atomic E-state index is -0.782. The molecule has 0 aromatic rings. The molecule has 1 aliphatic carbocycles. The fourth-order valence-corrected chi connectivity index (χ4v) is 3.18. The summed E-state index contributed by atoms with van der Waals surface area (Å²) in [4.78, 5) is 22.2. The van der Waals surface area contributed by atoms with Gasteiger partial charge in [0.2, 0.25) is 0 Å². The summed E-state index contributed by atoms with van der Waals surface area (Å²) >= 11 is 0. The molecule has 0 bridgehead atoms. The van der Waals surface area contributed by atoms with Gasteiger partial charge in [0.1, 0.15) is 5.78 Å². The molecular weight excluding hydrogens is 344 g/mol. The molecule has 1 aliphatic rings. The number of Topliss-reactive ketones (excluding diaryl/α,β-unsaturated/α-hetero) is 1. The van der Waals surface area contributed by atoms with Crippen LogP contribution in [-0.2, 0) is 9.59 Å².